The third-order valence-electron chi connectivity index (χ3n) is 5.42. The number of benzene rings is 1. The van der Waals surface area contributed by atoms with Crippen molar-refractivity contribution < 1.29 is 31.8 Å². The Bertz CT molecular complexity index is 872. The van der Waals surface area contributed by atoms with Gasteiger partial charge in [-0.05, 0) is 42.2 Å². The van der Waals surface area contributed by atoms with E-state index in [9.17, 15) is 22.4 Å². The summed E-state index contributed by atoms with van der Waals surface area (Å²) in [6.45, 7) is -0.0797. The Kier molecular flexibility index (Phi) is 4.97. The molecule has 0 spiro atoms. The second-order valence-electron chi connectivity index (χ2n) is 7.29. The molecule has 4 rings (SSSR count). The Labute approximate surface area is 164 Å². The molecule has 3 atom stereocenters. The van der Waals surface area contributed by atoms with Crippen LogP contribution in [0.1, 0.15) is 11.6 Å². The highest BCUT2D eigenvalue weighted by molar-refractivity contribution is 5.69. The summed E-state index contributed by atoms with van der Waals surface area (Å²) in [5, 5.41) is 4.52. The number of halogens is 4. The first-order valence-electron chi connectivity index (χ1n) is 9.10. The second-order valence-corrected chi connectivity index (χ2v) is 7.29. The minimum Gasteiger partial charge on any atom is -0.434 e. The fourth-order valence-electron chi connectivity index (χ4n) is 3.91. The van der Waals surface area contributed by atoms with Gasteiger partial charge in [0.2, 0.25) is 6.10 Å². The summed E-state index contributed by atoms with van der Waals surface area (Å²) < 4.78 is 62.4. The summed E-state index contributed by atoms with van der Waals surface area (Å²) >= 11 is 0. The zero-order chi connectivity index (χ0) is 20.8. The number of likely N-dealkylation sites (tertiary alicyclic amines) is 1. The molecule has 1 aromatic carbocycles. The Morgan fingerprint density at radius 1 is 1.21 bits per heavy atom. The van der Waals surface area contributed by atoms with Crippen LogP contribution in [-0.2, 0) is 9.47 Å². The number of rotatable bonds is 5. The van der Waals surface area contributed by atoms with Crippen LogP contribution >= 0.6 is 0 Å². The molecule has 1 aliphatic heterocycles. The Hall–Kier alpha value is -2.62. The van der Waals surface area contributed by atoms with Crippen molar-refractivity contribution in [3.63, 3.8) is 0 Å². The maximum atomic E-state index is 13.0. The fourth-order valence-corrected chi connectivity index (χ4v) is 3.91. The smallest absolute Gasteiger partial charge is 0.427 e. The zero-order valence-corrected chi connectivity index (χ0v) is 15.5. The number of piperidine rings is 1. The lowest BCUT2D eigenvalue weighted by atomic mass is 10.2. The molecule has 0 N–H and O–H groups in total. The first-order valence-corrected chi connectivity index (χ1v) is 9.10. The van der Waals surface area contributed by atoms with Crippen LogP contribution in [0.3, 0.4) is 0 Å². The minimum absolute atomic E-state index is 0.144. The SMILES string of the molecule is COCC(OC(=O)N1CC2C(C1)C2c1ccn(-c2ccc(F)cc2)n1)C(F)(F)F. The number of ether oxygens (including phenoxy) is 2. The lowest BCUT2D eigenvalue weighted by molar-refractivity contribution is -0.216. The first-order chi connectivity index (χ1) is 13.8. The Morgan fingerprint density at radius 2 is 1.86 bits per heavy atom. The molecule has 1 aliphatic carbocycles. The number of carbonyl (C=O) groups is 1. The summed E-state index contributed by atoms with van der Waals surface area (Å²) in [4.78, 5) is 13.4. The van der Waals surface area contributed by atoms with Crippen molar-refractivity contribution in [1.82, 2.24) is 14.7 Å². The number of hydrogen-bond acceptors (Lipinski definition) is 4. The van der Waals surface area contributed by atoms with E-state index < -0.39 is 25.0 Å². The number of aromatic nitrogens is 2. The van der Waals surface area contributed by atoms with Crippen LogP contribution in [0.5, 0.6) is 0 Å². The maximum absolute atomic E-state index is 13.0. The van der Waals surface area contributed by atoms with Crippen LogP contribution in [0.4, 0.5) is 22.4 Å². The molecule has 10 heteroatoms. The summed E-state index contributed by atoms with van der Waals surface area (Å²) in [5.74, 6) is 0.109. The molecular formula is C19H19F4N3O3. The summed E-state index contributed by atoms with van der Waals surface area (Å²) in [7, 11) is 1.12. The predicted octanol–water partition coefficient (Wildman–Crippen LogP) is 3.37. The molecule has 0 bridgehead atoms. The van der Waals surface area contributed by atoms with Crippen molar-refractivity contribution in [2.45, 2.75) is 18.2 Å². The number of amides is 1. The molecule has 1 saturated carbocycles. The van der Waals surface area contributed by atoms with Crippen LogP contribution < -0.4 is 0 Å². The predicted molar refractivity (Wildman–Crippen MR) is 93.0 cm³/mol. The van der Waals surface area contributed by atoms with Crippen molar-refractivity contribution in [3.05, 3.63) is 48.0 Å². The number of fused-ring (bicyclic) bond motifs is 1. The zero-order valence-electron chi connectivity index (χ0n) is 15.5. The molecule has 1 amide bonds. The standard InChI is InChI=1S/C19H19F4N3O3/c1-28-10-16(19(21,22)23)29-18(27)25-8-13-14(9-25)17(13)15-6-7-26(24-15)12-4-2-11(20)3-5-12/h2-7,13-14,16-17H,8-10H2,1H3. The molecule has 6 nitrogen and oxygen atoms in total. The largest absolute Gasteiger partial charge is 0.434 e. The van der Waals surface area contributed by atoms with Gasteiger partial charge in [-0.2, -0.15) is 18.3 Å². The Morgan fingerprint density at radius 3 is 2.45 bits per heavy atom. The van der Waals surface area contributed by atoms with Gasteiger partial charge in [-0.1, -0.05) is 0 Å². The highest BCUT2D eigenvalue weighted by atomic mass is 19.4. The highest BCUT2D eigenvalue weighted by Gasteiger charge is 2.59. The van der Waals surface area contributed by atoms with Crippen LogP contribution in [-0.4, -0.2) is 59.9 Å². The highest BCUT2D eigenvalue weighted by Crippen LogP contribution is 2.57. The van der Waals surface area contributed by atoms with E-state index >= 15 is 0 Å². The third kappa shape index (κ3) is 3.93. The van der Waals surface area contributed by atoms with E-state index in [1.165, 1.54) is 17.0 Å². The minimum atomic E-state index is -4.68. The maximum Gasteiger partial charge on any atom is 0.427 e. The molecular weight excluding hydrogens is 394 g/mol. The van der Waals surface area contributed by atoms with E-state index in [0.29, 0.717) is 13.1 Å². The topological polar surface area (TPSA) is 56.6 Å². The van der Waals surface area contributed by atoms with Crippen molar-refractivity contribution in [3.8, 4) is 5.69 Å². The monoisotopic (exact) mass is 413 g/mol. The molecule has 1 aromatic heterocycles. The van der Waals surface area contributed by atoms with Crippen LogP contribution in [0, 0.1) is 17.7 Å². The Balaban J connectivity index is 1.34. The van der Waals surface area contributed by atoms with Gasteiger partial charge < -0.3 is 14.4 Å². The molecule has 2 aliphatic rings. The average molecular weight is 413 g/mol. The summed E-state index contributed by atoms with van der Waals surface area (Å²) in [6, 6.07) is 7.81. The molecule has 3 unspecified atom stereocenters. The van der Waals surface area contributed by atoms with Crippen molar-refractivity contribution in [2.75, 3.05) is 26.8 Å². The van der Waals surface area contributed by atoms with Crippen LogP contribution in [0.25, 0.3) is 5.69 Å². The van der Waals surface area contributed by atoms with Gasteiger partial charge >= 0.3 is 12.3 Å². The van der Waals surface area contributed by atoms with E-state index in [4.69, 9.17) is 0 Å². The molecule has 2 fully saturated rings. The summed E-state index contributed by atoms with van der Waals surface area (Å²) in [5.41, 5.74) is 1.58. The van der Waals surface area contributed by atoms with Gasteiger partial charge in [-0.15, -0.1) is 0 Å². The lowest BCUT2D eigenvalue weighted by Gasteiger charge is -2.24. The van der Waals surface area contributed by atoms with E-state index in [-0.39, 0.29) is 23.6 Å². The van der Waals surface area contributed by atoms with Gasteiger partial charge in [-0.3, -0.25) is 0 Å². The van der Waals surface area contributed by atoms with Crippen molar-refractivity contribution >= 4 is 6.09 Å². The first kappa shape index (κ1) is 19.7. The number of hydrogen-bond donors (Lipinski definition) is 0. The van der Waals surface area contributed by atoms with Gasteiger partial charge in [0, 0.05) is 32.3 Å². The molecule has 29 heavy (non-hydrogen) atoms. The van der Waals surface area contributed by atoms with E-state index in [1.807, 2.05) is 6.07 Å². The quantitative estimate of drug-likeness (QED) is 0.706. The van der Waals surface area contributed by atoms with Crippen molar-refractivity contribution in [1.29, 1.82) is 0 Å². The second kappa shape index (κ2) is 7.33. The molecule has 1 saturated heterocycles. The van der Waals surface area contributed by atoms with Gasteiger partial charge in [-0.25, -0.2) is 13.9 Å². The van der Waals surface area contributed by atoms with E-state index in [2.05, 4.69) is 14.6 Å². The third-order valence-corrected chi connectivity index (χ3v) is 5.42. The van der Waals surface area contributed by atoms with Gasteiger partial charge in [0.05, 0.1) is 18.0 Å². The number of methoxy groups -OCH3 is 1. The normalized spacial score (nSPS) is 24.3. The number of alkyl halides is 3. The summed E-state index contributed by atoms with van der Waals surface area (Å²) in [6.07, 6.45) is -6.16. The molecule has 2 aromatic rings. The van der Waals surface area contributed by atoms with Crippen LogP contribution in [0.15, 0.2) is 36.5 Å². The fraction of sp³-hybridized carbons (Fsp3) is 0.474. The molecule has 0 radical (unpaired) electrons. The van der Waals surface area contributed by atoms with Gasteiger partial charge in [0.1, 0.15) is 5.82 Å². The molecule has 156 valence electrons. The number of carbonyl (C=O) groups excluding carboxylic acids is 1. The average Bonchev–Trinajstić information content (AvgIpc) is 3.04. The van der Waals surface area contributed by atoms with Crippen molar-refractivity contribution in [2.24, 2.45) is 11.8 Å². The van der Waals surface area contributed by atoms with Crippen LogP contribution in [0.2, 0.25) is 0 Å². The number of nitrogens with zero attached hydrogens (tertiary/aromatic N) is 3. The van der Waals surface area contributed by atoms with E-state index in [0.717, 1.165) is 18.5 Å². The van der Waals surface area contributed by atoms with Gasteiger partial charge in [0.15, 0.2) is 0 Å². The lowest BCUT2D eigenvalue weighted by Crippen LogP contribution is -2.42. The van der Waals surface area contributed by atoms with E-state index in [1.54, 1.807) is 23.0 Å². The molecule has 2 heterocycles. The van der Waals surface area contributed by atoms with Gasteiger partial charge in [0.25, 0.3) is 0 Å².